The number of amides is 4. The molecule has 0 aromatic heterocycles. The van der Waals surface area contributed by atoms with Gasteiger partial charge in [-0.05, 0) is 43.2 Å². The van der Waals surface area contributed by atoms with Crippen LogP contribution in [0.4, 0.5) is 4.79 Å². The first-order valence-corrected chi connectivity index (χ1v) is 10.5. The molecule has 2 atom stereocenters. The standard InChI is InChI=1S/C22H28N4O3/c1-24-14-19(21(28)25(2)22(24)29)26-12-10-16(11-13-26)23-20(27)18-9-5-7-15-6-3-4-8-17(15)18/h3-4,6,8,14,16,18-19H,5,7,9-13H2,1-2H3/p+1. The van der Waals surface area contributed by atoms with E-state index in [4.69, 9.17) is 0 Å². The van der Waals surface area contributed by atoms with Crippen LogP contribution in [0.15, 0.2) is 24.3 Å². The minimum Gasteiger partial charge on any atom is -0.353 e. The number of piperidine rings is 1. The Hall–Kier alpha value is -2.54. The van der Waals surface area contributed by atoms with E-state index < -0.39 is 6.04 Å². The number of imide groups is 1. The largest absolute Gasteiger partial charge is 0.500 e. The molecule has 3 aliphatic rings. The lowest BCUT2D eigenvalue weighted by Gasteiger charge is -2.36. The van der Waals surface area contributed by atoms with E-state index in [9.17, 15) is 14.4 Å². The highest BCUT2D eigenvalue weighted by Gasteiger charge is 2.42. The Morgan fingerprint density at radius 1 is 1.14 bits per heavy atom. The third-order valence-corrected chi connectivity index (χ3v) is 6.49. The van der Waals surface area contributed by atoms with E-state index in [0.717, 1.165) is 45.2 Å². The molecule has 1 aromatic carbocycles. The molecule has 0 bridgehead atoms. The quantitative estimate of drug-likeness (QED) is 0.782. The van der Waals surface area contributed by atoms with Gasteiger partial charge in [-0.25, -0.2) is 9.37 Å². The second kappa shape index (κ2) is 8.06. The van der Waals surface area contributed by atoms with Crippen LogP contribution in [-0.4, -0.2) is 77.7 Å². The van der Waals surface area contributed by atoms with Gasteiger partial charge in [0.05, 0.1) is 20.0 Å². The summed E-state index contributed by atoms with van der Waals surface area (Å²) < 4.78 is 1.47. The van der Waals surface area contributed by atoms with Crippen molar-refractivity contribution in [3.8, 4) is 0 Å². The summed E-state index contributed by atoms with van der Waals surface area (Å²) in [5.74, 6) is -0.116. The number of carbonyl (C=O) groups excluding carboxylic acids is 3. The zero-order valence-electron chi connectivity index (χ0n) is 17.1. The molecule has 7 nitrogen and oxygen atoms in total. The van der Waals surface area contributed by atoms with E-state index in [1.54, 1.807) is 13.3 Å². The van der Waals surface area contributed by atoms with Crippen LogP contribution in [0.5, 0.6) is 0 Å². The summed E-state index contributed by atoms with van der Waals surface area (Å²) in [5, 5.41) is 3.25. The van der Waals surface area contributed by atoms with Gasteiger partial charge in [0.25, 0.3) is 0 Å². The number of rotatable bonds is 3. The zero-order chi connectivity index (χ0) is 20.5. The maximum absolute atomic E-state index is 13.0. The van der Waals surface area contributed by atoms with Crippen LogP contribution in [0.2, 0.25) is 0 Å². The molecule has 0 radical (unpaired) electrons. The average Bonchev–Trinajstić information content (AvgIpc) is 2.75. The molecule has 154 valence electrons. The smallest absolute Gasteiger partial charge is 0.353 e. The van der Waals surface area contributed by atoms with Crippen molar-refractivity contribution in [2.75, 3.05) is 27.2 Å². The van der Waals surface area contributed by atoms with Gasteiger partial charge in [0, 0.05) is 19.1 Å². The SMILES string of the molecule is CN1C(=O)C(N2CCC(NC(=O)C3CCCc4ccccc43)CC2)C=[N+](C)C1=O. The Bertz CT molecular complexity index is 857. The predicted molar refractivity (Wildman–Crippen MR) is 109 cm³/mol. The van der Waals surface area contributed by atoms with Crippen molar-refractivity contribution in [1.29, 1.82) is 0 Å². The van der Waals surface area contributed by atoms with E-state index >= 15 is 0 Å². The summed E-state index contributed by atoms with van der Waals surface area (Å²) in [6.07, 6.45) is 6.31. The second-order valence-corrected chi connectivity index (χ2v) is 8.35. The predicted octanol–water partition coefficient (Wildman–Crippen LogP) is 1.36. The van der Waals surface area contributed by atoms with Crippen molar-refractivity contribution < 1.29 is 19.0 Å². The highest BCUT2D eigenvalue weighted by molar-refractivity contribution is 6.06. The lowest BCUT2D eigenvalue weighted by Crippen LogP contribution is -2.59. The molecule has 0 spiro atoms. The normalized spacial score (nSPS) is 26.1. The fourth-order valence-electron chi connectivity index (χ4n) is 4.77. The Kier molecular flexibility index (Phi) is 5.50. The Labute approximate surface area is 171 Å². The number of nitrogens with one attached hydrogen (secondary N) is 1. The van der Waals surface area contributed by atoms with Crippen LogP contribution in [0.3, 0.4) is 0 Å². The minimum atomic E-state index is -0.412. The van der Waals surface area contributed by atoms with Crippen LogP contribution in [0.25, 0.3) is 0 Å². The number of hydrogen-bond acceptors (Lipinski definition) is 4. The van der Waals surface area contributed by atoms with Gasteiger partial charge in [0.2, 0.25) is 5.91 Å². The molecule has 1 N–H and O–H groups in total. The van der Waals surface area contributed by atoms with Crippen molar-refractivity contribution in [3.05, 3.63) is 35.4 Å². The molecule has 2 heterocycles. The molecule has 0 saturated carbocycles. The first-order valence-electron chi connectivity index (χ1n) is 10.5. The van der Waals surface area contributed by atoms with E-state index in [2.05, 4.69) is 22.3 Å². The topological polar surface area (TPSA) is 72.7 Å². The lowest BCUT2D eigenvalue weighted by molar-refractivity contribution is -0.401. The van der Waals surface area contributed by atoms with E-state index in [1.165, 1.54) is 27.7 Å². The molecule has 4 rings (SSSR count). The molecule has 7 heteroatoms. The van der Waals surface area contributed by atoms with Crippen LogP contribution in [0, 0.1) is 0 Å². The molecule has 2 aliphatic heterocycles. The summed E-state index contributed by atoms with van der Waals surface area (Å²) in [6.45, 7) is 1.43. The summed E-state index contributed by atoms with van der Waals surface area (Å²) in [4.78, 5) is 40.6. The molecular weight excluding hydrogens is 368 g/mol. The van der Waals surface area contributed by atoms with Gasteiger partial charge >= 0.3 is 11.9 Å². The summed E-state index contributed by atoms with van der Waals surface area (Å²) in [6, 6.07) is 7.68. The molecule has 1 fully saturated rings. The summed E-state index contributed by atoms with van der Waals surface area (Å²) in [7, 11) is 3.20. The molecular formula is C22H29N4O3+. The first-order chi connectivity index (χ1) is 14.0. The van der Waals surface area contributed by atoms with Crippen molar-refractivity contribution >= 4 is 24.1 Å². The van der Waals surface area contributed by atoms with Gasteiger partial charge in [-0.2, -0.15) is 9.69 Å². The fourth-order valence-corrected chi connectivity index (χ4v) is 4.77. The highest BCUT2D eigenvalue weighted by atomic mass is 16.2. The van der Waals surface area contributed by atoms with Crippen molar-refractivity contribution in [3.63, 3.8) is 0 Å². The minimum absolute atomic E-state index is 0.0560. The third-order valence-electron chi connectivity index (χ3n) is 6.49. The third kappa shape index (κ3) is 3.83. The Morgan fingerprint density at radius 2 is 1.86 bits per heavy atom. The number of benzene rings is 1. The van der Waals surface area contributed by atoms with Crippen molar-refractivity contribution in [2.45, 2.75) is 50.1 Å². The van der Waals surface area contributed by atoms with Gasteiger partial charge in [-0.15, -0.1) is 0 Å². The van der Waals surface area contributed by atoms with Crippen LogP contribution in [-0.2, 0) is 16.0 Å². The number of carbonyl (C=O) groups is 3. The number of hydrogen-bond donors (Lipinski definition) is 1. The molecule has 1 aliphatic carbocycles. The molecule has 1 aromatic rings. The van der Waals surface area contributed by atoms with Crippen molar-refractivity contribution in [2.24, 2.45) is 0 Å². The Morgan fingerprint density at radius 3 is 2.62 bits per heavy atom. The number of aryl methyl sites for hydroxylation is 1. The molecule has 1 saturated heterocycles. The molecule has 29 heavy (non-hydrogen) atoms. The number of likely N-dealkylation sites (N-methyl/N-ethyl adjacent to an activating group) is 1. The van der Waals surface area contributed by atoms with Crippen LogP contribution >= 0.6 is 0 Å². The number of urea groups is 1. The summed E-state index contributed by atoms with van der Waals surface area (Å²) >= 11 is 0. The van der Waals surface area contributed by atoms with Crippen molar-refractivity contribution in [1.82, 2.24) is 15.1 Å². The van der Waals surface area contributed by atoms with E-state index in [1.807, 2.05) is 12.1 Å². The van der Waals surface area contributed by atoms with Gasteiger partial charge in [0.15, 0.2) is 6.04 Å². The average molecular weight is 397 g/mol. The van der Waals surface area contributed by atoms with Gasteiger partial charge < -0.3 is 5.32 Å². The summed E-state index contributed by atoms with van der Waals surface area (Å²) in [5.41, 5.74) is 2.47. The zero-order valence-corrected chi connectivity index (χ0v) is 17.1. The highest BCUT2D eigenvalue weighted by Crippen LogP contribution is 2.32. The first kappa shape index (κ1) is 19.8. The van der Waals surface area contributed by atoms with Crippen LogP contribution < -0.4 is 5.32 Å². The number of nitrogens with zero attached hydrogens (tertiary/aromatic N) is 3. The maximum atomic E-state index is 13.0. The molecule has 2 unspecified atom stereocenters. The van der Waals surface area contributed by atoms with Crippen LogP contribution in [0.1, 0.15) is 42.7 Å². The lowest BCUT2D eigenvalue weighted by atomic mass is 9.82. The van der Waals surface area contributed by atoms with Gasteiger partial charge in [-0.3, -0.25) is 9.69 Å². The van der Waals surface area contributed by atoms with E-state index in [-0.39, 0.29) is 29.8 Å². The molecule has 4 amide bonds. The monoisotopic (exact) mass is 397 g/mol. The Balaban J connectivity index is 1.36. The number of likely N-dealkylation sites (tertiary alicyclic amines) is 1. The fraction of sp³-hybridized carbons (Fsp3) is 0.545. The van der Waals surface area contributed by atoms with E-state index in [0.29, 0.717) is 0 Å². The maximum Gasteiger partial charge on any atom is 0.500 e. The van der Waals surface area contributed by atoms with Gasteiger partial charge in [0.1, 0.15) is 6.21 Å². The number of fused-ring (bicyclic) bond motifs is 1. The van der Waals surface area contributed by atoms with Gasteiger partial charge in [-0.1, -0.05) is 24.3 Å². The second-order valence-electron chi connectivity index (χ2n) is 8.35.